The molecule has 3 aromatic heterocycles. The van der Waals surface area contributed by atoms with Gasteiger partial charge in [0.2, 0.25) is 0 Å². The van der Waals surface area contributed by atoms with E-state index in [1.807, 2.05) is 70.4 Å². The van der Waals surface area contributed by atoms with Gasteiger partial charge >= 0.3 is 0 Å². The third kappa shape index (κ3) is 7.51. The van der Waals surface area contributed by atoms with E-state index in [-0.39, 0.29) is 47.9 Å². The zero-order valence-corrected chi connectivity index (χ0v) is 35.6. The van der Waals surface area contributed by atoms with E-state index in [9.17, 15) is 9.90 Å². The van der Waals surface area contributed by atoms with Crippen LogP contribution in [0.3, 0.4) is 0 Å². The Bertz CT molecular complexity index is 2190. The first-order valence-corrected chi connectivity index (χ1v) is 19.4. The molecule has 3 heterocycles. The summed E-state index contributed by atoms with van der Waals surface area (Å²) in [7, 11) is 0. The third-order valence-electron chi connectivity index (χ3n) is 11.1. The number of allylic oxidation sites excluding steroid dienone is 2. The number of thiophene rings is 2. The summed E-state index contributed by atoms with van der Waals surface area (Å²) in [6.45, 7) is 23.4. The molecule has 0 spiro atoms. The summed E-state index contributed by atoms with van der Waals surface area (Å²) in [6.07, 6.45) is 6.71. The first kappa shape index (κ1) is 39.9. The number of fused-ring (bicyclic) bond motifs is 5. The van der Waals surface area contributed by atoms with Gasteiger partial charge in [0, 0.05) is 73.3 Å². The van der Waals surface area contributed by atoms with Crippen molar-refractivity contribution in [2.24, 2.45) is 10.8 Å². The Kier molecular flexibility index (Phi) is 12.3. The van der Waals surface area contributed by atoms with Gasteiger partial charge in [0.25, 0.3) is 0 Å². The van der Waals surface area contributed by atoms with Crippen molar-refractivity contribution in [3.8, 4) is 11.3 Å². The summed E-state index contributed by atoms with van der Waals surface area (Å²) in [4.78, 5) is 18.5. The smallest absolute Gasteiger partial charge is 0.164 e. The molecular formula is C44H52IrNO2S2-. The standard InChI is InChI=1S/C29H24NS2.C15H28O2.Ir/c1-16-17(2)31-25-15-26-23(14-22(16)25)21-10-11-30-27(28(21)32-26)19-12-18-8-6-7-9-20(18)24(13-19)29(3,4)5;1-7-14(5,8-2)12(16)11-13(17)15(6,9-3)10-4;/h6-11,13-15H,1-5H3;11,16H,7-10H2,1-6H3;/q-1;;/b;12-11-;. The number of pyridine rings is 1. The van der Waals surface area contributed by atoms with Crippen LogP contribution in [0.25, 0.3) is 52.3 Å². The second-order valence-corrected chi connectivity index (χ2v) is 17.4. The number of aliphatic hydroxyl groups is 1. The minimum atomic E-state index is -0.337. The molecule has 0 fully saturated rings. The van der Waals surface area contributed by atoms with Gasteiger partial charge in [-0.2, -0.15) is 0 Å². The van der Waals surface area contributed by atoms with Crippen molar-refractivity contribution < 1.29 is 30.0 Å². The van der Waals surface area contributed by atoms with Crippen LogP contribution in [0, 0.1) is 30.7 Å². The molecule has 3 nitrogen and oxygen atoms in total. The number of hydrogen-bond donors (Lipinski definition) is 1. The average molecular weight is 883 g/mol. The third-order valence-corrected chi connectivity index (χ3v) is 13.5. The van der Waals surface area contributed by atoms with Gasteiger partial charge in [0.05, 0.1) is 0 Å². The maximum Gasteiger partial charge on any atom is 0.164 e. The van der Waals surface area contributed by atoms with Crippen LogP contribution in [0.15, 0.2) is 66.6 Å². The molecule has 6 heteroatoms. The fourth-order valence-electron chi connectivity index (χ4n) is 6.39. The molecule has 0 saturated carbocycles. The van der Waals surface area contributed by atoms with Crippen LogP contribution in [-0.4, -0.2) is 15.9 Å². The maximum atomic E-state index is 12.2. The van der Waals surface area contributed by atoms with Crippen LogP contribution in [-0.2, 0) is 30.3 Å². The molecule has 1 radical (unpaired) electrons. The van der Waals surface area contributed by atoms with E-state index >= 15 is 0 Å². The molecule has 0 unspecified atom stereocenters. The second-order valence-electron chi connectivity index (χ2n) is 15.1. The molecule has 0 aliphatic rings. The second kappa shape index (κ2) is 15.4. The summed E-state index contributed by atoms with van der Waals surface area (Å²) in [5.41, 5.74) is 4.30. The van der Waals surface area contributed by atoms with E-state index < -0.39 is 0 Å². The number of hydrogen-bond acceptors (Lipinski definition) is 5. The van der Waals surface area contributed by atoms with E-state index in [1.165, 1.54) is 57.7 Å². The Morgan fingerprint density at radius 3 is 2.04 bits per heavy atom. The zero-order valence-electron chi connectivity index (χ0n) is 31.6. The predicted molar refractivity (Wildman–Crippen MR) is 216 cm³/mol. The maximum absolute atomic E-state index is 12.2. The van der Waals surface area contributed by atoms with E-state index in [0.717, 1.165) is 42.3 Å². The van der Waals surface area contributed by atoms with Crippen molar-refractivity contribution >= 4 is 69.5 Å². The quantitative estimate of drug-likeness (QED) is 0.0941. The van der Waals surface area contributed by atoms with Crippen molar-refractivity contribution in [1.29, 1.82) is 0 Å². The molecule has 0 amide bonds. The minimum Gasteiger partial charge on any atom is -0.512 e. The van der Waals surface area contributed by atoms with Crippen LogP contribution >= 0.6 is 22.7 Å². The fourth-order valence-corrected chi connectivity index (χ4v) is 8.78. The number of ketones is 1. The summed E-state index contributed by atoms with van der Waals surface area (Å²) < 4.78 is 3.96. The Morgan fingerprint density at radius 2 is 1.42 bits per heavy atom. The number of aryl methyl sites for hydroxylation is 2. The summed E-state index contributed by atoms with van der Waals surface area (Å²) in [6, 6.07) is 21.5. The number of aliphatic hydroxyl groups excluding tert-OH is 1. The van der Waals surface area contributed by atoms with E-state index in [4.69, 9.17) is 4.98 Å². The van der Waals surface area contributed by atoms with Gasteiger partial charge in [-0.1, -0.05) is 91.5 Å². The summed E-state index contributed by atoms with van der Waals surface area (Å²) in [5, 5.41) is 16.6. The van der Waals surface area contributed by atoms with Gasteiger partial charge in [-0.05, 0) is 79.5 Å². The van der Waals surface area contributed by atoms with Crippen LogP contribution < -0.4 is 0 Å². The Balaban J connectivity index is 0.000000269. The summed E-state index contributed by atoms with van der Waals surface area (Å²) >= 11 is 3.75. The molecule has 0 atom stereocenters. The number of aromatic nitrogens is 1. The van der Waals surface area contributed by atoms with Crippen LogP contribution in [0.5, 0.6) is 0 Å². The molecule has 6 aromatic rings. The number of benzene rings is 3. The van der Waals surface area contributed by atoms with E-state index in [2.05, 4.69) is 89.2 Å². The molecular weight excluding hydrogens is 831 g/mol. The number of carbonyl (C=O) groups excluding carboxylic acids is 1. The van der Waals surface area contributed by atoms with Crippen molar-refractivity contribution in [1.82, 2.24) is 4.98 Å². The molecule has 1 N–H and O–H groups in total. The number of rotatable bonds is 8. The van der Waals surface area contributed by atoms with Gasteiger partial charge in [-0.25, -0.2) is 0 Å². The Hall–Kier alpha value is -2.89. The van der Waals surface area contributed by atoms with Crippen molar-refractivity contribution in [3.05, 3.63) is 88.6 Å². The first-order valence-electron chi connectivity index (χ1n) is 17.7. The largest absolute Gasteiger partial charge is 0.512 e. The first-order chi connectivity index (χ1) is 23.1. The molecule has 0 aliphatic heterocycles. The van der Waals surface area contributed by atoms with Gasteiger partial charge < -0.3 is 5.11 Å². The Morgan fingerprint density at radius 1 is 0.800 bits per heavy atom. The molecule has 0 aliphatic carbocycles. The van der Waals surface area contributed by atoms with Crippen LogP contribution in [0.4, 0.5) is 0 Å². The van der Waals surface area contributed by atoms with Crippen molar-refractivity contribution in [2.45, 2.75) is 107 Å². The topological polar surface area (TPSA) is 50.2 Å². The van der Waals surface area contributed by atoms with Gasteiger partial charge in [-0.3, -0.25) is 9.78 Å². The molecule has 0 saturated heterocycles. The van der Waals surface area contributed by atoms with Crippen LogP contribution in [0.1, 0.15) is 104 Å². The Labute approximate surface area is 320 Å². The number of nitrogens with zero attached hydrogens (tertiary/aromatic N) is 1. The monoisotopic (exact) mass is 883 g/mol. The molecule has 0 bridgehead atoms. The fraction of sp³-hybridized carbons (Fsp3) is 0.409. The molecule has 3 aromatic carbocycles. The van der Waals surface area contributed by atoms with E-state index in [0.29, 0.717) is 0 Å². The minimum absolute atomic E-state index is 0. The SMILES string of the molecule is CCC(C)(CC)C(=O)/C=C(\O)C(C)(CC)CC.Cc1sc2cc3sc4c(-c5[c-]c6ccccc6c(C(C)(C)C)c5)nccc4c3cc2c1C.[Ir]. The van der Waals surface area contributed by atoms with Crippen molar-refractivity contribution in [3.63, 3.8) is 0 Å². The molecule has 267 valence electrons. The van der Waals surface area contributed by atoms with Gasteiger partial charge in [0.15, 0.2) is 5.78 Å². The van der Waals surface area contributed by atoms with Crippen LogP contribution in [0.2, 0.25) is 0 Å². The summed E-state index contributed by atoms with van der Waals surface area (Å²) in [5.74, 6) is 0.286. The normalized spacial score (nSPS) is 12.7. The van der Waals surface area contributed by atoms with E-state index in [1.54, 1.807) is 0 Å². The average Bonchev–Trinajstić information content (AvgIpc) is 3.60. The zero-order chi connectivity index (χ0) is 35.9. The van der Waals surface area contributed by atoms with Gasteiger partial charge in [0.1, 0.15) is 5.76 Å². The van der Waals surface area contributed by atoms with Crippen molar-refractivity contribution in [2.75, 3.05) is 0 Å². The van der Waals surface area contributed by atoms with Gasteiger partial charge in [-0.15, -0.1) is 51.8 Å². The molecule has 6 rings (SSSR count). The predicted octanol–water partition coefficient (Wildman–Crippen LogP) is 13.8. The number of carbonyl (C=O) groups is 1. The molecule has 50 heavy (non-hydrogen) atoms.